The van der Waals surface area contributed by atoms with Gasteiger partial charge in [-0.1, -0.05) is 6.42 Å². The van der Waals surface area contributed by atoms with Gasteiger partial charge in [-0.05, 0) is 60.8 Å². The third kappa shape index (κ3) is 2.41. The van der Waals surface area contributed by atoms with E-state index in [0.29, 0.717) is 6.04 Å². The number of nitrogens with one attached hydrogen (secondary N) is 1. The fourth-order valence-electron chi connectivity index (χ4n) is 3.42. The SMILES string of the molecule is CN1C2CCCC1CC(Nc1ncccc1Br)C2. The number of anilines is 1. The van der Waals surface area contributed by atoms with Crippen molar-refractivity contribution in [1.29, 1.82) is 0 Å². The van der Waals surface area contributed by atoms with E-state index in [1.807, 2.05) is 18.3 Å². The number of piperidine rings is 2. The van der Waals surface area contributed by atoms with Gasteiger partial charge in [0.1, 0.15) is 5.82 Å². The molecule has 2 atom stereocenters. The van der Waals surface area contributed by atoms with Gasteiger partial charge in [0, 0.05) is 24.3 Å². The average Bonchev–Trinajstić information content (AvgIpc) is 2.33. The van der Waals surface area contributed by atoms with E-state index in [4.69, 9.17) is 0 Å². The molecule has 2 fully saturated rings. The van der Waals surface area contributed by atoms with Crippen molar-refractivity contribution in [3.8, 4) is 0 Å². The Morgan fingerprint density at radius 2 is 2.06 bits per heavy atom. The van der Waals surface area contributed by atoms with Gasteiger partial charge in [-0.15, -0.1) is 0 Å². The maximum Gasteiger partial charge on any atom is 0.140 e. The minimum atomic E-state index is 0.572. The summed E-state index contributed by atoms with van der Waals surface area (Å²) in [5.74, 6) is 0.991. The molecule has 2 unspecified atom stereocenters. The lowest BCUT2D eigenvalue weighted by Crippen LogP contribution is -2.52. The summed E-state index contributed by atoms with van der Waals surface area (Å²) >= 11 is 3.56. The number of halogens is 1. The molecule has 98 valence electrons. The van der Waals surface area contributed by atoms with Crippen LogP contribution in [0, 0.1) is 0 Å². The third-order valence-electron chi connectivity index (χ3n) is 4.44. The van der Waals surface area contributed by atoms with Crippen LogP contribution in [0.1, 0.15) is 32.1 Å². The summed E-state index contributed by atoms with van der Waals surface area (Å²) in [6.45, 7) is 0. The van der Waals surface area contributed by atoms with E-state index in [0.717, 1.165) is 22.4 Å². The van der Waals surface area contributed by atoms with Gasteiger partial charge in [-0.3, -0.25) is 0 Å². The Kier molecular flexibility index (Phi) is 3.57. The molecule has 0 amide bonds. The number of rotatable bonds is 2. The molecule has 0 aliphatic carbocycles. The first kappa shape index (κ1) is 12.4. The molecule has 3 rings (SSSR count). The molecular formula is C14H20BrN3. The molecule has 3 nitrogen and oxygen atoms in total. The van der Waals surface area contributed by atoms with E-state index < -0.39 is 0 Å². The van der Waals surface area contributed by atoms with Gasteiger partial charge in [0.15, 0.2) is 0 Å². The van der Waals surface area contributed by atoms with Gasteiger partial charge in [-0.25, -0.2) is 4.98 Å². The normalized spacial score (nSPS) is 32.2. The summed E-state index contributed by atoms with van der Waals surface area (Å²) < 4.78 is 1.06. The van der Waals surface area contributed by atoms with Crippen molar-refractivity contribution in [2.45, 2.75) is 50.2 Å². The van der Waals surface area contributed by atoms with Crippen LogP contribution >= 0.6 is 15.9 Å². The van der Waals surface area contributed by atoms with E-state index >= 15 is 0 Å². The fourth-order valence-corrected chi connectivity index (χ4v) is 3.79. The van der Waals surface area contributed by atoms with E-state index in [-0.39, 0.29) is 0 Å². The van der Waals surface area contributed by atoms with Gasteiger partial charge in [0.05, 0.1) is 4.47 Å². The summed E-state index contributed by atoms with van der Waals surface area (Å²) in [6.07, 6.45) is 8.46. The molecule has 0 aromatic carbocycles. The van der Waals surface area contributed by atoms with Crippen molar-refractivity contribution >= 4 is 21.7 Å². The maximum absolute atomic E-state index is 4.41. The van der Waals surface area contributed by atoms with Crippen molar-refractivity contribution in [2.24, 2.45) is 0 Å². The van der Waals surface area contributed by atoms with Crippen LogP contribution in [0.4, 0.5) is 5.82 Å². The first-order valence-corrected chi connectivity index (χ1v) is 7.62. The van der Waals surface area contributed by atoms with Crippen LogP contribution in [0.25, 0.3) is 0 Å². The van der Waals surface area contributed by atoms with E-state index in [2.05, 4.69) is 38.2 Å². The largest absolute Gasteiger partial charge is 0.366 e. The van der Waals surface area contributed by atoms with E-state index in [9.17, 15) is 0 Å². The molecule has 0 saturated carbocycles. The second-order valence-electron chi connectivity index (χ2n) is 5.55. The van der Waals surface area contributed by atoms with Gasteiger partial charge >= 0.3 is 0 Å². The Hall–Kier alpha value is -0.610. The number of fused-ring (bicyclic) bond motifs is 2. The number of aromatic nitrogens is 1. The molecule has 2 bridgehead atoms. The maximum atomic E-state index is 4.41. The van der Waals surface area contributed by atoms with Crippen LogP contribution < -0.4 is 5.32 Å². The second-order valence-corrected chi connectivity index (χ2v) is 6.40. The molecule has 4 heteroatoms. The Morgan fingerprint density at radius 1 is 1.33 bits per heavy atom. The standard InChI is InChI=1S/C14H20BrN3/c1-18-11-4-2-5-12(18)9-10(8-11)17-14-13(15)6-3-7-16-14/h3,6-7,10-12H,2,4-5,8-9H2,1H3,(H,16,17). The highest BCUT2D eigenvalue weighted by Gasteiger charge is 2.36. The lowest BCUT2D eigenvalue weighted by molar-refractivity contribution is 0.0608. The minimum Gasteiger partial charge on any atom is -0.366 e. The molecule has 2 aliphatic rings. The third-order valence-corrected chi connectivity index (χ3v) is 5.08. The summed E-state index contributed by atoms with van der Waals surface area (Å²) in [5, 5.41) is 3.61. The number of nitrogens with zero attached hydrogens (tertiary/aromatic N) is 2. The lowest BCUT2D eigenvalue weighted by atomic mass is 9.82. The van der Waals surface area contributed by atoms with Gasteiger partial charge in [0.25, 0.3) is 0 Å². The van der Waals surface area contributed by atoms with E-state index in [1.54, 1.807) is 0 Å². The fraction of sp³-hybridized carbons (Fsp3) is 0.643. The van der Waals surface area contributed by atoms with Crippen molar-refractivity contribution in [3.05, 3.63) is 22.8 Å². The molecule has 3 heterocycles. The van der Waals surface area contributed by atoms with Crippen molar-refractivity contribution in [1.82, 2.24) is 9.88 Å². The lowest BCUT2D eigenvalue weighted by Gasteiger charge is -2.47. The number of hydrogen-bond donors (Lipinski definition) is 1. The second kappa shape index (κ2) is 5.17. The molecule has 1 N–H and O–H groups in total. The minimum absolute atomic E-state index is 0.572. The quantitative estimate of drug-likeness (QED) is 0.909. The zero-order valence-electron chi connectivity index (χ0n) is 10.8. The summed E-state index contributed by atoms with van der Waals surface area (Å²) in [6, 6.07) is 6.10. The Morgan fingerprint density at radius 3 is 2.72 bits per heavy atom. The molecule has 18 heavy (non-hydrogen) atoms. The van der Waals surface area contributed by atoms with Gasteiger partial charge in [0.2, 0.25) is 0 Å². The predicted molar refractivity (Wildman–Crippen MR) is 77.8 cm³/mol. The molecule has 1 aromatic rings. The molecule has 0 spiro atoms. The number of hydrogen-bond acceptors (Lipinski definition) is 3. The summed E-state index contributed by atoms with van der Waals surface area (Å²) in [5.41, 5.74) is 0. The van der Waals surface area contributed by atoms with Gasteiger partial charge < -0.3 is 10.2 Å². The van der Waals surface area contributed by atoms with Crippen molar-refractivity contribution < 1.29 is 0 Å². The smallest absolute Gasteiger partial charge is 0.140 e. The summed E-state index contributed by atoms with van der Waals surface area (Å²) in [4.78, 5) is 7.01. The first-order chi connectivity index (χ1) is 8.74. The molecular weight excluding hydrogens is 290 g/mol. The van der Waals surface area contributed by atoms with Crippen LogP contribution in [0.15, 0.2) is 22.8 Å². The molecule has 0 radical (unpaired) electrons. The van der Waals surface area contributed by atoms with Crippen molar-refractivity contribution in [3.63, 3.8) is 0 Å². The van der Waals surface area contributed by atoms with Gasteiger partial charge in [-0.2, -0.15) is 0 Å². The van der Waals surface area contributed by atoms with E-state index in [1.165, 1.54) is 32.1 Å². The summed E-state index contributed by atoms with van der Waals surface area (Å²) in [7, 11) is 2.29. The zero-order valence-corrected chi connectivity index (χ0v) is 12.4. The molecule has 2 saturated heterocycles. The molecule has 2 aliphatic heterocycles. The predicted octanol–water partition coefficient (Wildman–Crippen LogP) is 3.27. The Balaban J connectivity index is 1.70. The highest BCUT2D eigenvalue weighted by atomic mass is 79.9. The van der Waals surface area contributed by atoms with Crippen LogP contribution in [0.3, 0.4) is 0 Å². The topological polar surface area (TPSA) is 28.2 Å². The zero-order chi connectivity index (χ0) is 12.5. The van der Waals surface area contributed by atoms with Crippen molar-refractivity contribution in [2.75, 3.05) is 12.4 Å². The van der Waals surface area contributed by atoms with Crippen LogP contribution in [0.2, 0.25) is 0 Å². The van der Waals surface area contributed by atoms with Crippen LogP contribution in [-0.4, -0.2) is 35.1 Å². The Labute approximate surface area is 117 Å². The molecule has 1 aromatic heterocycles. The average molecular weight is 310 g/mol. The van der Waals surface area contributed by atoms with Crippen LogP contribution in [-0.2, 0) is 0 Å². The highest BCUT2D eigenvalue weighted by Crippen LogP contribution is 2.34. The highest BCUT2D eigenvalue weighted by molar-refractivity contribution is 9.10. The number of pyridine rings is 1. The first-order valence-electron chi connectivity index (χ1n) is 6.83. The Bertz CT molecular complexity index is 409. The monoisotopic (exact) mass is 309 g/mol. The van der Waals surface area contributed by atoms with Crippen LogP contribution in [0.5, 0.6) is 0 Å².